The molecule has 1 fully saturated rings. The van der Waals surface area contributed by atoms with Crippen LogP contribution in [0.1, 0.15) is 19.4 Å². The average Bonchev–Trinajstić information content (AvgIpc) is 3.13. The van der Waals surface area contributed by atoms with Crippen LogP contribution in [-0.2, 0) is 9.47 Å². The highest BCUT2D eigenvalue weighted by Gasteiger charge is 2.26. The van der Waals surface area contributed by atoms with Gasteiger partial charge in [-0.05, 0) is 25.5 Å². The number of hydrogen-bond donors (Lipinski definition) is 1. The molecular weight excluding hydrogens is 294 g/mol. The third-order valence-corrected chi connectivity index (χ3v) is 4.36. The van der Waals surface area contributed by atoms with E-state index in [-0.39, 0.29) is 11.7 Å². The molecule has 0 bridgehead atoms. The number of aromatic amines is 1. The number of imidazole rings is 1. The van der Waals surface area contributed by atoms with Gasteiger partial charge >= 0.3 is 5.69 Å². The summed E-state index contributed by atoms with van der Waals surface area (Å²) in [5, 5.41) is 0. The van der Waals surface area contributed by atoms with Gasteiger partial charge in [0.2, 0.25) is 0 Å². The van der Waals surface area contributed by atoms with Gasteiger partial charge in [0, 0.05) is 26.2 Å². The van der Waals surface area contributed by atoms with E-state index in [1.165, 1.54) is 0 Å². The van der Waals surface area contributed by atoms with Crippen molar-refractivity contribution in [1.29, 1.82) is 0 Å². The van der Waals surface area contributed by atoms with E-state index in [0.29, 0.717) is 19.8 Å². The lowest BCUT2D eigenvalue weighted by molar-refractivity contribution is 0.0449. The number of ether oxygens (including phenoxy) is 2. The van der Waals surface area contributed by atoms with Crippen molar-refractivity contribution in [3.63, 3.8) is 0 Å². The number of nitrogens with zero attached hydrogens (tertiary/aromatic N) is 2. The fourth-order valence-corrected chi connectivity index (χ4v) is 3.22. The van der Waals surface area contributed by atoms with Crippen LogP contribution in [0.3, 0.4) is 0 Å². The summed E-state index contributed by atoms with van der Waals surface area (Å²) < 4.78 is 12.7. The molecule has 1 N–H and O–H groups in total. The molecule has 0 aliphatic carbocycles. The van der Waals surface area contributed by atoms with Gasteiger partial charge in [0.25, 0.3) is 0 Å². The maximum absolute atomic E-state index is 12.2. The van der Waals surface area contributed by atoms with Crippen molar-refractivity contribution in [1.82, 2.24) is 14.5 Å². The van der Waals surface area contributed by atoms with Gasteiger partial charge in [0.05, 0.1) is 36.9 Å². The Morgan fingerprint density at radius 3 is 2.91 bits per heavy atom. The summed E-state index contributed by atoms with van der Waals surface area (Å²) in [4.78, 5) is 17.5. The molecule has 1 unspecified atom stereocenters. The van der Waals surface area contributed by atoms with Crippen molar-refractivity contribution in [3.05, 3.63) is 34.7 Å². The first-order valence-corrected chi connectivity index (χ1v) is 8.36. The third-order valence-electron chi connectivity index (χ3n) is 4.36. The van der Waals surface area contributed by atoms with Gasteiger partial charge in [0.15, 0.2) is 0 Å². The molecule has 2 aromatic rings. The number of aromatic nitrogens is 2. The van der Waals surface area contributed by atoms with E-state index in [4.69, 9.17) is 9.47 Å². The maximum Gasteiger partial charge on any atom is 0.326 e. The molecule has 0 radical (unpaired) electrons. The average molecular weight is 319 g/mol. The van der Waals surface area contributed by atoms with Gasteiger partial charge in [-0.25, -0.2) is 4.79 Å². The molecular formula is C17H25N3O3. The van der Waals surface area contributed by atoms with Gasteiger partial charge in [-0.1, -0.05) is 12.1 Å². The van der Waals surface area contributed by atoms with Crippen LogP contribution in [0.5, 0.6) is 0 Å². The Morgan fingerprint density at radius 1 is 1.22 bits per heavy atom. The van der Waals surface area contributed by atoms with E-state index < -0.39 is 0 Å². The van der Waals surface area contributed by atoms with Crippen molar-refractivity contribution < 1.29 is 9.47 Å². The Kier molecular flexibility index (Phi) is 5.48. The van der Waals surface area contributed by atoms with Crippen LogP contribution in [0.4, 0.5) is 0 Å². The number of likely N-dealkylation sites (tertiary alicyclic amines) is 1. The fourth-order valence-electron chi connectivity index (χ4n) is 3.22. The van der Waals surface area contributed by atoms with Crippen molar-refractivity contribution in [3.8, 4) is 0 Å². The van der Waals surface area contributed by atoms with Crippen LogP contribution in [0, 0.1) is 0 Å². The maximum atomic E-state index is 12.2. The normalized spacial score (nSPS) is 18.9. The molecule has 3 rings (SSSR count). The summed E-state index contributed by atoms with van der Waals surface area (Å²) in [6, 6.07) is 8.12. The summed E-state index contributed by atoms with van der Waals surface area (Å²) in [7, 11) is 0. The number of para-hydroxylation sites is 2. The first-order valence-electron chi connectivity index (χ1n) is 8.36. The monoisotopic (exact) mass is 319 g/mol. The SMILES string of the molecule is CCOCCOCCN1CCC(n2c(=O)[nH]c3ccccc32)C1. The Labute approximate surface area is 136 Å². The topological polar surface area (TPSA) is 59.5 Å². The number of benzene rings is 1. The summed E-state index contributed by atoms with van der Waals surface area (Å²) in [5.41, 5.74) is 1.90. The number of rotatable bonds is 8. The van der Waals surface area contributed by atoms with E-state index in [1.54, 1.807) is 0 Å². The molecule has 23 heavy (non-hydrogen) atoms. The summed E-state index contributed by atoms with van der Waals surface area (Å²) in [5.74, 6) is 0. The van der Waals surface area contributed by atoms with Gasteiger partial charge in [-0.15, -0.1) is 0 Å². The first kappa shape index (κ1) is 16.2. The Bertz CT molecular complexity index is 679. The second-order valence-electron chi connectivity index (χ2n) is 5.87. The molecule has 1 aromatic carbocycles. The molecule has 2 heterocycles. The van der Waals surface area contributed by atoms with Crippen molar-refractivity contribution in [2.45, 2.75) is 19.4 Å². The minimum Gasteiger partial charge on any atom is -0.379 e. The molecule has 6 nitrogen and oxygen atoms in total. The standard InChI is InChI=1S/C17H25N3O3/c1-2-22-11-12-23-10-9-19-8-7-14(13-19)20-16-6-4-3-5-15(16)18-17(20)21/h3-6,14H,2,7-13H2,1H3,(H,18,21). The second kappa shape index (κ2) is 7.77. The lowest BCUT2D eigenvalue weighted by Crippen LogP contribution is -2.28. The Balaban J connectivity index is 1.53. The van der Waals surface area contributed by atoms with Gasteiger partial charge < -0.3 is 14.5 Å². The van der Waals surface area contributed by atoms with E-state index in [1.807, 2.05) is 35.8 Å². The molecule has 0 saturated carbocycles. The van der Waals surface area contributed by atoms with Gasteiger partial charge in [-0.3, -0.25) is 9.47 Å². The molecule has 0 spiro atoms. The molecule has 1 atom stereocenters. The fraction of sp³-hybridized carbons (Fsp3) is 0.588. The minimum atomic E-state index is -0.00832. The summed E-state index contributed by atoms with van der Waals surface area (Å²) in [6.07, 6.45) is 1.00. The third kappa shape index (κ3) is 3.83. The molecule has 1 saturated heterocycles. The first-order chi connectivity index (χ1) is 11.3. The Hall–Kier alpha value is -1.63. The van der Waals surface area contributed by atoms with Crippen LogP contribution in [0.15, 0.2) is 29.1 Å². The van der Waals surface area contributed by atoms with Crippen molar-refractivity contribution in [2.75, 3.05) is 46.1 Å². The largest absolute Gasteiger partial charge is 0.379 e. The van der Waals surface area contributed by atoms with Crippen molar-refractivity contribution >= 4 is 11.0 Å². The quantitative estimate of drug-likeness (QED) is 0.751. The smallest absolute Gasteiger partial charge is 0.326 e. The molecule has 1 aromatic heterocycles. The van der Waals surface area contributed by atoms with Crippen LogP contribution in [0.2, 0.25) is 0 Å². The lowest BCUT2D eigenvalue weighted by atomic mass is 10.2. The highest BCUT2D eigenvalue weighted by Crippen LogP contribution is 2.23. The van der Waals surface area contributed by atoms with E-state index >= 15 is 0 Å². The molecule has 1 aliphatic heterocycles. The Morgan fingerprint density at radius 2 is 2.04 bits per heavy atom. The summed E-state index contributed by atoms with van der Waals surface area (Å²) >= 11 is 0. The predicted molar refractivity (Wildman–Crippen MR) is 90.0 cm³/mol. The van der Waals surface area contributed by atoms with Crippen LogP contribution in [-0.4, -0.2) is 60.5 Å². The molecule has 1 aliphatic rings. The van der Waals surface area contributed by atoms with Gasteiger partial charge in [-0.2, -0.15) is 0 Å². The minimum absolute atomic E-state index is 0.00832. The van der Waals surface area contributed by atoms with Crippen LogP contribution >= 0.6 is 0 Å². The van der Waals surface area contributed by atoms with Crippen LogP contribution in [0.25, 0.3) is 11.0 Å². The number of nitrogens with one attached hydrogen (secondary N) is 1. The zero-order chi connectivity index (χ0) is 16.1. The number of hydrogen-bond acceptors (Lipinski definition) is 4. The zero-order valence-electron chi connectivity index (χ0n) is 13.7. The van der Waals surface area contributed by atoms with Crippen LogP contribution < -0.4 is 5.69 Å². The predicted octanol–water partition coefficient (Wildman–Crippen LogP) is 1.63. The van der Waals surface area contributed by atoms with E-state index in [9.17, 15) is 4.79 Å². The summed E-state index contributed by atoms with van der Waals surface area (Å²) in [6.45, 7) is 7.54. The highest BCUT2D eigenvalue weighted by atomic mass is 16.5. The molecule has 126 valence electrons. The molecule has 0 amide bonds. The molecule has 6 heteroatoms. The zero-order valence-corrected chi connectivity index (χ0v) is 13.7. The van der Waals surface area contributed by atoms with E-state index in [2.05, 4.69) is 9.88 Å². The lowest BCUT2D eigenvalue weighted by Gasteiger charge is -2.16. The van der Waals surface area contributed by atoms with Crippen molar-refractivity contribution in [2.24, 2.45) is 0 Å². The second-order valence-corrected chi connectivity index (χ2v) is 5.87. The number of H-pyrrole nitrogens is 1. The van der Waals surface area contributed by atoms with E-state index in [0.717, 1.165) is 43.7 Å². The number of fused-ring (bicyclic) bond motifs is 1. The van der Waals surface area contributed by atoms with Gasteiger partial charge in [0.1, 0.15) is 0 Å². The highest BCUT2D eigenvalue weighted by molar-refractivity contribution is 5.75.